The van der Waals surface area contributed by atoms with E-state index < -0.39 is 18.2 Å². The van der Waals surface area contributed by atoms with Crippen molar-refractivity contribution in [2.24, 2.45) is 9.98 Å². The van der Waals surface area contributed by atoms with Gasteiger partial charge in [0, 0.05) is 5.75 Å². The molecule has 4 aromatic rings. The summed E-state index contributed by atoms with van der Waals surface area (Å²) in [6.07, 6.45) is -0.462. The summed E-state index contributed by atoms with van der Waals surface area (Å²) in [6.45, 7) is 0.432. The van der Waals surface area contributed by atoms with E-state index >= 15 is 0 Å². The number of benzene rings is 2. The van der Waals surface area contributed by atoms with Gasteiger partial charge in [-0.2, -0.15) is 0 Å². The van der Waals surface area contributed by atoms with E-state index in [2.05, 4.69) is 20.0 Å². The van der Waals surface area contributed by atoms with Crippen LogP contribution in [0.4, 0.5) is 0 Å². The molecule has 2 atom stereocenters. The number of hydrogen-bond donors (Lipinski definition) is 1. The number of carbonyl (C=O) groups is 2. The highest BCUT2D eigenvalue weighted by molar-refractivity contribution is 8.15. The summed E-state index contributed by atoms with van der Waals surface area (Å²) in [4.78, 5) is 39.6. The number of aliphatic imine (C=N–C) groups is 2. The lowest BCUT2D eigenvalue weighted by Gasteiger charge is -2.08. The van der Waals surface area contributed by atoms with Gasteiger partial charge >= 0.3 is 5.97 Å². The lowest BCUT2D eigenvalue weighted by atomic mass is 10.3. The van der Waals surface area contributed by atoms with Crippen molar-refractivity contribution >= 4 is 89.2 Å². The van der Waals surface area contributed by atoms with Gasteiger partial charge in [0.15, 0.2) is 6.04 Å². The molecule has 188 valence electrons. The van der Waals surface area contributed by atoms with Crippen molar-refractivity contribution < 1.29 is 28.9 Å². The Hall–Kier alpha value is -3.20. The molecule has 0 saturated heterocycles. The zero-order valence-electron chi connectivity index (χ0n) is 18.7. The number of ether oxygens (including phenoxy) is 3. The van der Waals surface area contributed by atoms with Gasteiger partial charge in [0.1, 0.15) is 31.6 Å². The summed E-state index contributed by atoms with van der Waals surface area (Å²) in [5.74, 6) is 1.37. The first-order chi connectivity index (χ1) is 18.1. The lowest BCUT2D eigenvalue weighted by molar-refractivity contribution is -0.137. The molecule has 14 heteroatoms. The summed E-state index contributed by atoms with van der Waals surface area (Å²) in [7, 11) is 0. The maximum absolute atomic E-state index is 11.2. The van der Waals surface area contributed by atoms with Crippen molar-refractivity contribution in [3.8, 4) is 11.5 Å². The van der Waals surface area contributed by atoms with Crippen LogP contribution in [0, 0.1) is 0 Å². The number of carbonyl (C=O) groups excluding carboxylic acids is 1. The minimum atomic E-state index is -0.921. The van der Waals surface area contributed by atoms with Crippen molar-refractivity contribution in [1.29, 1.82) is 0 Å². The fourth-order valence-electron chi connectivity index (χ4n) is 3.56. The molecule has 10 nitrogen and oxygen atoms in total. The molecule has 2 aromatic carbocycles. The smallest absolute Gasteiger partial charge is 0.329 e. The Morgan fingerprint density at radius 2 is 1.51 bits per heavy atom. The summed E-state index contributed by atoms with van der Waals surface area (Å²) in [5.41, 5.74) is 1.64. The second-order valence-corrected chi connectivity index (χ2v) is 11.8. The van der Waals surface area contributed by atoms with Crippen molar-refractivity contribution in [2.75, 3.05) is 18.3 Å². The van der Waals surface area contributed by atoms with Gasteiger partial charge < -0.3 is 19.3 Å². The third-order valence-electron chi connectivity index (χ3n) is 5.31. The maximum Gasteiger partial charge on any atom is 0.329 e. The Kier molecular flexibility index (Phi) is 6.71. The van der Waals surface area contributed by atoms with Crippen LogP contribution in [0.25, 0.3) is 20.4 Å². The molecular weight excluding hydrogens is 557 g/mol. The van der Waals surface area contributed by atoms with E-state index in [4.69, 9.17) is 19.3 Å². The number of carboxylic acid groups (broad SMARTS) is 1. The fraction of sp³-hybridized carbons (Fsp3) is 0.217. The number of hydrogen-bond acceptors (Lipinski definition) is 13. The van der Waals surface area contributed by atoms with Gasteiger partial charge in [0.05, 0.1) is 26.2 Å². The summed E-state index contributed by atoms with van der Waals surface area (Å²) < 4.78 is 18.4. The molecule has 0 amide bonds. The Labute approximate surface area is 225 Å². The molecule has 0 radical (unpaired) electrons. The molecule has 4 heterocycles. The Bertz CT molecular complexity index is 1580. The molecule has 1 N–H and O–H groups in total. The predicted octanol–water partition coefficient (Wildman–Crippen LogP) is 4.26. The van der Waals surface area contributed by atoms with Crippen LogP contribution in [-0.2, 0) is 14.3 Å². The molecule has 0 fully saturated rings. The second-order valence-electron chi connectivity index (χ2n) is 7.74. The molecule has 2 aromatic heterocycles. The number of thioether (sulfide) groups is 2. The van der Waals surface area contributed by atoms with Gasteiger partial charge in [-0.25, -0.2) is 19.8 Å². The van der Waals surface area contributed by atoms with E-state index in [1.54, 1.807) is 0 Å². The lowest BCUT2D eigenvalue weighted by Crippen LogP contribution is -2.17. The largest absolute Gasteiger partial charge is 0.480 e. The molecule has 6 rings (SSSR count). The SMILES string of the molecule is O=CO[C@@H]1CSC(c2nc3ccc(OCOc4ccc5nc(C6=N[C@@H](C(=O)O)CS6)sc5c4)cc3s2)=N1. The van der Waals surface area contributed by atoms with Gasteiger partial charge in [-0.3, -0.25) is 9.79 Å². The second kappa shape index (κ2) is 10.3. The van der Waals surface area contributed by atoms with Crippen molar-refractivity contribution in [2.45, 2.75) is 12.3 Å². The maximum atomic E-state index is 11.2. The minimum Gasteiger partial charge on any atom is -0.480 e. The average molecular weight is 573 g/mol. The Balaban J connectivity index is 1.10. The molecule has 0 saturated carbocycles. The first-order valence-corrected chi connectivity index (χ1v) is 14.5. The standard InChI is InChI=1S/C23H16N4O6S4/c28-9-31-18-8-35-20(27-18)22-25-14-4-2-12(6-17(14)37-22)33-10-32-11-1-3-13-16(5-11)36-21(24-13)19-26-15(7-34-19)23(29)30/h1-6,9,15,18H,7-8,10H2,(H,29,30)/t15-,18-/m1/s1. The highest BCUT2D eigenvalue weighted by Gasteiger charge is 2.27. The van der Waals surface area contributed by atoms with Gasteiger partial charge in [-0.05, 0) is 36.4 Å². The van der Waals surface area contributed by atoms with Crippen LogP contribution >= 0.6 is 46.2 Å². The average Bonchev–Trinajstić information content (AvgIpc) is 3.68. The van der Waals surface area contributed by atoms with Crippen LogP contribution in [0.15, 0.2) is 46.4 Å². The van der Waals surface area contributed by atoms with E-state index in [-0.39, 0.29) is 6.79 Å². The first kappa shape index (κ1) is 24.2. The molecule has 0 bridgehead atoms. The van der Waals surface area contributed by atoms with Gasteiger partial charge in [0.25, 0.3) is 6.47 Å². The normalized spacial score (nSPS) is 19.1. The molecular formula is C23H16N4O6S4. The number of fused-ring (bicyclic) bond motifs is 2. The number of rotatable bonds is 9. The van der Waals surface area contributed by atoms with E-state index in [0.717, 1.165) is 30.5 Å². The molecule has 37 heavy (non-hydrogen) atoms. The van der Waals surface area contributed by atoms with Gasteiger partial charge in [-0.1, -0.05) is 11.8 Å². The summed E-state index contributed by atoms with van der Waals surface area (Å²) in [6, 6.07) is 10.5. The predicted molar refractivity (Wildman–Crippen MR) is 146 cm³/mol. The minimum absolute atomic E-state index is 0.0183. The quantitative estimate of drug-likeness (QED) is 0.229. The molecule has 0 aliphatic carbocycles. The van der Waals surface area contributed by atoms with E-state index in [9.17, 15) is 9.59 Å². The van der Waals surface area contributed by atoms with Crippen LogP contribution in [0.3, 0.4) is 0 Å². The van der Waals surface area contributed by atoms with Crippen molar-refractivity contribution in [3.63, 3.8) is 0 Å². The van der Waals surface area contributed by atoms with Crippen LogP contribution < -0.4 is 9.47 Å². The zero-order valence-corrected chi connectivity index (χ0v) is 22.0. The van der Waals surface area contributed by atoms with Gasteiger partial charge in [-0.15, -0.1) is 34.4 Å². The van der Waals surface area contributed by atoms with Crippen molar-refractivity contribution in [3.05, 3.63) is 46.4 Å². The van der Waals surface area contributed by atoms with Crippen LogP contribution in [0.1, 0.15) is 10.0 Å². The number of thiazole rings is 2. The zero-order chi connectivity index (χ0) is 25.4. The van der Waals surface area contributed by atoms with Crippen LogP contribution in [0.5, 0.6) is 11.5 Å². The first-order valence-electron chi connectivity index (χ1n) is 10.9. The van der Waals surface area contributed by atoms with E-state index in [0.29, 0.717) is 39.5 Å². The highest BCUT2D eigenvalue weighted by Crippen LogP contribution is 2.33. The van der Waals surface area contributed by atoms with Crippen LogP contribution in [0.2, 0.25) is 0 Å². The number of nitrogens with zero attached hydrogens (tertiary/aromatic N) is 4. The fourth-order valence-corrected chi connectivity index (χ4v) is 7.66. The molecule has 0 unspecified atom stereocenters. The monoisotopic (exact) mass is 572 g/mol. The van der Waals surface area contributed by atoms with E-state index in [1.807, 2.05) is 36.4 Å². The summed E-state index contributed by atoms with van der Waals surface area (Å²) in [5, 5.41) is 12.1. The Morgan fingerprint density at radius 3 is 2.08 bits per heavy atom. The number of aromatic nitrogens is 2. The topological polar surface area (TPSA) is 133 Å². The number of carboxylic acids is 1. The highest BCUT2D eigenvalue weighted by atomic mass is 32.2. The van der Waals surface area contributed by atoms with Gasteiger partial charge in [0.2, 0.25) is 13.0 Å². The third kappa shape index (κ3) is 5.14. The van der Waals surface area contributed by atoms with Crippen LogP contribution in [-0.4, -0.2) is 68.2 Å². The molecule has 2 aliphatic heterocycles. The Morgan fingerprint density at radius 1 is 0.919 bits per heavy atom. The van der Waals surface area contributed by atoms with E-state index in [1.165, 1.54) is 46.2 Å². The number of aliphatic carboxylic acids is 1. The molecule has 0 spiro atoms. The van der Waals surface area contributed by atoms with Crippen molar-refractivity contribution in [1.82, 2.24) is 9.97 Å². The molecule has 2 aliphatic rings. The third-order valence-corrected chi connectivity index (χ3v) is 9.70. The summed E-state index contributed by atoms with van der Waals surface area (Å²) >= 11 is 5.87.